The quantitative estimate of drug-likeness (QED) is 0.838. The average Bonchev–Trinajstić information content (AvgIpc) is 2.48. The van der Waals surface area contributed by atoms with E-state index in [0.29, 0.717) is 35.9 Å². The van der Waals surface area contributed by atoms with Crippen LogP contribution in [0, 0.1) is 17.2 Å². The van der Waals surface area contributed by atoms with Gasteiger partial charge in [0, 0.05) is 12.8 Å². The normalized spacial score (nSPS) is 13.3. The van der Waals surface area contributed by atoms with E-state index >= 15 is 0 Å². The minimum absolute atomic E-state index is 0.225. The molecular formula is C17H24N2O3. The van der Waals surface area contributed by atoms with Crippen molar-refractivity contribution in [2.45, 2.75) is 39.7 Å². The van der Waals surface area contributed by atoms with Crippen LogP contribution in [-0.2, 0) is 9.53 Å². The van der Waals surface area contributed by atoms with Crippen LogP contribution in [0.25, 0.3) is 0 Å². The summed E-state index contributed by atoms with van der Waals surface area (Å²) in [6, 6.07) is 7.08. The van der Waals surface area contributed by atoms with Crippen LogP contribution in [0.5, 0.6) is 5.75 Å². The average molecular weight is 304 g/mol. The Kier molecular flexibility index (Phi) is 6.39. The fourth-order valence-corrected chi connectivity index (χ4v) is 2.29. The van der Waals surface area contributed by atoms with E-state index in [1.807, 2.05) is 20.8 Å². The number of carbonyl (C=O) groups is 1. The number of hydrogen-bond acceptors (Lipinski definition) is 4. The van der Waals surface area contributed by atoms with Gasteiger partial charge in [-0.25, -0.2) is 0 Å². The first kappa shape index (κ1) is 18.0. The van der Waals surface area contributed by atoms with E-state index in [2.05, 4.69) is 11.4 Å². The topological polar surface area (TPSA) is 71.3 Å². The minimum Gasteiger partial charge on any atom is -0.492 e. The molecule has 1 N–H and O–H groups in total. The Bertz CT molecular complexity index is 564. The van der Waals surface area contributed by atoms with Crippen molar-refractivity contribution in [1.82, 2.24) is 0 Å². The zero-order chi connectivity index (χ0) is 16.8. The SMILES string of the molecule is CCOc1ccc(NC(=O)C(C)(CC(C)C)OC)cc1C#N. The van der Waals surface area contributed by atoms with Gasteiger partial charge in [-0.2, -0.15) is 5.26 Å². The number of methoxy groups -OCH3 is 1. The molecule has 1 aromatic carbocycles. The summed E-state index contributed by atoms with van der Waals surface area (Å²) in [6.07, 6.45) is 0.609. The molecule has 1 rings (SSSR count). The first-order valence-electron chi connectivity index (χ1n) is 7.39. The molecule has 0 aliphatic heterocycles. The summed E-state index contributed by atoms with van der Waals surface area (Å²) in [6.45, 7) is 8.18. The van der Waals surface area contributed by atoms with Gasteiger partial charge in [-0.3, -0.25) is 4.79 Å². The summed E-state index contributed by atoms with van der Waals surface area (Å²) in [7, 11) is 1.53. The minimum atomic E-state index is -0.903. The monoisotopic (exact) mass is 304 g/mol. The molecule has 0 fully saturated rings. The molecule has 0 saturated carbocycles. The lowest BCUT2D eigenvalue weighted by Crippen LogP contribution is -2.43. The third-order valence-electron chi connectivity index (χ3n) is 3.39. The van der Waals surface area contributed by atoms with Gasteiger partial charge in [0.25, 0.3) is 5.91 Å². The predicted octanol–water partition coefficient (Wildman–Crippen LogP) is 3.35. The van der Waals surface area contributed by atoms with E-state index in [-0.39, 0.29) is 5.91 Å². The van der Waals surface area contributed by atoms with Crippen molar-refractivity contribution in [3.05, 3.63) is 23.8 Å². The molecule has 0 spiro atoms. The number of nitrogens with zero attached hydrogens (tertiary/aromatic N) is 1. The van der Waals surface area contributed by atoms with Crippen LogP contribution in [-0.4, -0.2) is 25.2 Å². The van der Waals surface area contributed by atoms with E-state index in [1.165, 1.54) is 7.11 Å². The van der Waals surface area contributed by atoms with E-state index in [9.17, 15) is 4.79 Å². The number of carbonyl (C=O) groups excluding carboxylic acids is 1. The number of ether oxygens (including phenoxy) is 2. The number of amides is 1. The Hall–Kier alpha value is -2.06. The molecule has 0 bridgehead atoms. The molecule has 0 radical (unpaired) electrons. The summed E-state index contributed by atoms with van der Waals surface area (Å²) in [4.78, 5) is 12.5. The second-order valence-corrected chi connectivity index (χ2v) is 5.74. The Labute approximate surface area is 132 Å². The highest BCUT2D eigenvalue weighted by molar-refractivity contribution is 5.97. The van der Waals surface area contributed by atoms with E-state index in [0.717, 1.165) is 0 Å². The van der Waals surface area contributed by atoms with Crippen LogP contribution in [0.4, 0.5) is 5.69 Å². The Balaban J connectivity index is 2.94. The van der Waals surface area contributed by atoms with Crippen molar-refractivity contribution >= 4 is 11.6 Å². The Morgan fingerprint density at radius 1 is 1.45 bits per heavy atom. The van der Waals surface area contributed by atoms with Crippen molar-refractivity contribution in [3.8, 4) is 11.8 Å². The smallest absolute Gasteiger partial charge is 0.256 e. The second kappa shape index (κ2) is 7.81. The number of nitrogens with one attached hydrogen (secondary N) is 1. The third-order valence-corrected chi connectivity index (χ3v) is 3.39. The van der Waals surface area contributed by atoms with Gasteiger partial charge in [-0.05, 0) is 44.4 Å². The lowest BCUT2D eigenvalue weighted by molar-refractivity contribution is -0.137. The van der Waals surface area contributed by atoms with Crippen LogP contribution in [0.3, 0.4) is 0 Å². The molecule has 0 aliphatic rings. The Morgan fingerprint density at radius 2 is 2.14 bits per heavy atom. The molecule has 0 aromatic heterocycles. The highest BCUT2D eigenvalue weighted by Crippen LogP contribution is 2.25. The van der Waals surface area contributed by atoms with Gasteiger partial charge in [0.15, 0.2) is 0 Å². The van der Waals surface area contributed by atoms with E-state index in [4.69, 9.17) is 14.7 Å². The first-order valence-corrected chi connectivity index (χ1v) is 7.39. The predicted molar refractivity (Wildman–Crippen MR) is 85.8 cm³/mol. The first-order chi connectivity index (χ1) is 10.4. The number of hydrogen-bond donors (Lipinski definition) is 1. The van der Waals surface area contributed by atoms with Crippen molar-refractivity contribution in [2.75, 3.05) is 19.0 Å². The van der Waals surface area contributed by atoms with Gasteiger partial charge in [0.05, 0.1) is 12.2 Å². The summed E-state index contributed by atoms with van der Waals surface area (Å²) in [5, 5.41) is 12.0. The number of benzene rings is 1. The standard InChI is InChI=1S/C17H24N2O3/c1-6-22-15-8-7-14(9-13(15)11-18)19-16(20)17(4,21-5)10-12(2)3/h7-9,12H,6,10H2,1-5H3,(H,19,20). The molecule has 0 heterocycles. The maximum absolute atomic E-state index is 12.5. The molecule has 22 heavy (non-hydrogen) atoms. The number of anilines is 1. The summed E-state index contributed by atoms with van der Waals surface area (Å²) < 4.78 is 10.8. The van der Waals surface area contributed by atoms with Crippen LogP contribution >= 0.6 is 0 Å². The highest BCUT2D eigenvalue weighted by Gasteiger charge is 2.33. The van der Waals surface area contributed by atoms with Gasteiger partial charge in [0.1, 0.15) is 17.4 Å². The fraction of sp³-hybridized carbons (Fsp3) is 0.529. The molecule has 1 aromatic rings. The van der Waals surface area contributed by atoms with E-state index in [1.54, 1.807) is 25.1 Å². The summed E-state index contributed by atoms with van der Waals surface area (Å²) >= 11 is 0. The molecule has 0 saturated heterocycles. The van der Waals surface area contributed by atoms with Gasteiger partial charge in [0.2, 0.25) is 0 Å². The summed E-state index contributed by atoms with van der Waals surface area (Å²) in [5.74, 6) is 0.613. The maximum atomic E-state index is 12.5. The van der Waals surface area contributed by atoms with Crippen LogP contribution in [0.15, 0.2) is 18.2 Å². The van der Waals surface area contributed by atoms with Gasteiger partial charge >= 0.3 is 0 Å². The van der Waals surface area contributed by atoms with Crippen molar-refractivity contribution in [3.63, 3.8) is 0 Å². The van der Waals surface area contributed by atoms with Crippen LogP contribution in [0.2, 0.25) is 0 Å². The Morgan fingerprint density at radius 3 is 2.64 bits per heavy atom. The van der Waals surface area contributed by atoms with Crippen LogP contribution in [0.1, 0.15) is 39.7 Å². The van der Waals surface area contributed by atoms with Crippen molar-refractivity contribution in [1.29, 1.82) is 5.26 Å². The van der Waals surface area contributed by atoms with Gasteiger partial charge < -0.3 is 14.8 Å². The van der Waals surface area contributed by atoms with Gasteiger partial charge in [-0.1, -0.05) is 13.8 Å². The molecule has 1 amide bonds. The van der Waals surface area contributed by atoms with Crippen LogP contribution < -0.4 is 10.1 Å². The lowest BCUT2D eigenvalue weighted by atomic mass is 9.93. The molecule has 5 heteroatoms. The maximum Gasteiger partial charge on any atom is 0.256 e. The molecule has 1 unspecified atom stereocenters. The highest BCUT2D eigenvalue weighted by atomic mass is 16.5. The van der Waals surface area contributed by atoms with E-state index < -0.39 is 5.60 Å². The zero-order valence-corrected chi connectivity index (χ0v) is 13.9. The summed E-state index contributed by atoms with van der Waals surface area (Å²) in [5.41, 5.74) is 0.0409. The molecule has 120 valence electrons. The van der Waals surface area contributed by atoms with Gasteiger partial charge in [-0.15, -0.1) is 0 Å². The number of rotatable bonds is 7. The molecule has 5 nitrogen and oxygen atoms in total. The zero-order valence-electron chi connectivity index (χ0n) is 13.9. The molecular weight excluding hydrogens is 280 g/mol. The molecule has 1 atom stereocenters. The third kappa shape index (κ3) is 4.47. The fourth-order valence-electron chi connectivity index (χ4n) is 2.29. The van der Waals surface area contributed by atoms with Crippen molar-refractivity contribution in [2.24, 2.45) is 5.92 Å². The number of nitriles is 1. The largest absolute Gasteiger partial charge is 0.492 e. The second-order valence-electron chi connectivity index (χ2n) is 5.74. The molecule has 0 aliphatic carbocycles. The van der Waals surface area contributed by atoms with Crippen molar-refractivity contribution < 1.29 is 14.3 Å². The lowest BCUT2D eigenvalue weighted by Gasteiger charge is -2.28.